The van der Waals surface area contributed by atoms with Crippen LogP contribution in [0.1, 0.15) is 57.5 Å². The Bertz CT molecular complexity index is 931. The second kappa shape index (κ2) is 8.91. The number of benzene rings is 2. The fourth-order valence-corrected chi connectivity index (χ4v) is 3.41. The quantitative estimate of drug-likeness (QED) is 0.610. The van der Waals surface area contributed by atoms with E-state index in [2.05, 4.69) is 35.9 Å². The highest BCUT2D eigenvalue weighted by molar-refractivity contribution is 5.77. The number of aromatic nitrogens is 2. The smallest absolute Gasteiger partial charge is 0.217 e. The zero-order valence-electron chi connectivity index (χ0n) is 17.1. The lowest BCUT2D eigenvalue weighted by atomic mass is 9.99. The van der Waals surface area contributed by atoms with Gasteiger partial charge in [0.05, 0.1) is 23.6 Å². The monoisotopic (exact) mass is 379 g/mol. The number of carbonyl (C=O) groups excluding carboxylic acids is 1. The molecule has 2 unspecified atom stereocenters. The van der Waals surface area contributed by atoms with Crippen LogP contribution in [0.2, 0.25) is 0 Å². The average Bonchev–Trinajstić information content (AvgIpc) is 3.06. The highest BCUT2D eigenvalue weighted by Gasteiger charge is 2.17. The van der Waals surface area contributed by atoms with Gasteiger partial charge in [0.25, 0.3) is 0 Å². The Balaban J connectivity index is 1.73. The Morgan fingerprint density at radius 2 is 1.86 bits per heavy atom. The van der Waals surface area contributed by atoms with Gasteiger partial charge in [-0.05, 0) is 49.1 Å². The number of nitrogens with zero attached hydrogens (tertiary/aromatic N) is 2. The summed E-state index contributed by atoms with van der Waals surface area (Å²) in [7, 11) is 0. The Hall–Kier alpha value is -2.82. The molecule has 0 aliphatic rings. The van der Waals surface area contributed by atoms with E-state index in [1.807, 2.05) is 43.3 Å². The third-order valence-corrected chi connectivity index (χ3v) is 5.14. The van der Waals surface area contributed by atoms with Crippen LogP contribution in [-0.4, -0.2) is 22.1 Å². The number of nitrogens with one attached hydrogen (secondary N) is 1. The maximum absolute atomic E-state index is 11.5. The van der Waals surface area contributed by atoms with Crippen molar-refractivity contribution in [2.24, 2.45) is 0 Å². The number of carbonyl (C=O) groups is 1. The minimum Gasteiger partial charge on any atom is -0.492 e. The van der Waals surface area contributed by atoms with E-state index in [4.69, 9.17) is 9.72 Å². The van der Waals surface area contributed by atoms with Gasteiger partial charge in [-0.25, -0.2) is 4.98 Å². The molecule has 2 aromatic carbocycles. The fraction of sp³-hybridized carbons (Fsp3) is 0.391. The molecule has 0 saturated heterocycles. The first kappa shape index (κ1) is 19.9. The van der Waals surface area contributed by atoms with Crippen LogP contribution in [0.4, 0.5) is 0 Å². The van der Waals surface area contributed by atoms with Gasteiger partial charge in [-0.1, -0.05) is 38.1 Å². The molecular formula is C23H29N3O2. The molecule has 1 aromatic heterocycles. The normalized spacial score (nSPS) is 13.3. The minimum atomic E-state index is -0.167. The zero-order chi connectivity index (χ0) is 20.1. The van der Waals surface area contributed by atoms with Gasteiger partial charge in [0.2, 0.25) is 5.91 Å². The van der Waals surface area contributed by atoms with E-state index in [0.717, 1.165) is 29.0 Å². The van der Waals surface area contributed by atoms with E-state index >= 15 is 0 Å². The van der Waals surface area contributed by atoms with E-state index in [1.165, 1.54) is 12.5 Å². The molecule has 3 aromatic rings. The van der Waals surface area contributed by atoms with Gasteiger partial charge in [0.15, 0.2) is 0 Å². The fourth-order valence-electron chi connectivity index (χ4n) is 3.41. The lowest BCUT2D eigenvalue weighted by Gasteiger charge is -2.16. The number of imidazole rings is 1. The molecular weight excluding hydrogens is 350 g/mol. The van der Waals surface area contributed by atoms with Crippen LogP contribution in [0.5, 0.6) is 5.75 Å². The second-order valence-electron chi connectivity index (χ2n) is 7.26. The van der Waals surface area contributed by atoms with Crippen molar-refractivity contribution in [3.63, 3.8) is 0 Å². The van der Waals surface area contributed by atoms with Gasteiger partial charge < -0.3 is 14.6 Å². The number of ether oxygens (including phenoxy) is 1. The molecule has 0 spiro atoms. The first-order valence-electron chi connectivity index (χ1n) is 9.94. The summed E-state index contributed by atoms with van der Waals surface area (Å²) in [6.45, 7) is 9.10. The van der Waals surface area contributed by atoms with E-state index in [0.29, 0.717) is 19.1 Å². The number of hydrogen-bond acceptors (Lipinski definition) is 3. The van der Waals surface area contributed by atoms with Crippen molar-refractivity contribution in [3.05, 3.63) is 59.9 Å². The molecule has 0 aliphatic carbocycles. The minimum absolute atomic E-state index is 0.0660. The summed E-state index contributed by atoms with van der Waals surface area (Å²) in [6, 6.07) is 16.2. The molecule has 1 N–H and O–H groups in total. The lowest BCUT2D eigenvalue weighted by Crippen LogP contribution is -2.27. The van der Waals surface area contributed by atoms with Gasteiger partial charge in [0, 0.05) is 6.92 Å². The first-order valence-corrected chi connectivity index (χ1v) is 9.94. The van der Waals surface area contributed by atoms with Gasteiger partial charge in [-0.2, -0.15) is 0 Å². The van der Waals surface area contributed by atoms with Crippen molar-refractivity contribution in [2.45, 2.75) is 52.6 Å². The summed E-state index contributed by atoms with van der Waals surface area (Å²) in [6.07, 6.45) is 1.13. The van der Waals surface area contributed by atoms with Crippen molar-refractivity contribution in [3.8, 4) is 5.75 Å². The molecule has 5 heteroatoms. The Labute approximate surface area is 166 Å². The van der Waals surface area contributed by atoms with Gasteiger partial charge in [-0.15, -0.1) is 0 Å². The predicted molar refractivity (Wildman–Crippen MR) is 113 cm³/mol. The number of amides is 1. The highest BCUT2D eigenvalue weighted by Crippen LogP contribution is 2.23. The molecule has 2 atom stereocenters. The van der Waals surface area contributed by atoms with Crippen molar-refractivity contribution in [1.82, 2.24) is 14.9 Å². The number of hydrogen-bond donors (Lipinski definition) is 1. The summed E-state index contributed by atoms with van der Waals surface area (Å²) < 4.78 is 8.10. The van der Waals surface area contributed by atoms with Crippen LogP contribution in [0.3, 0.4) is 0 Å². The summed E-state index contributed by atoms with van der Waals surface area (Å²) in [5, 5.41) is 2.93. The van der Waals surface area contributed by atoms with E-state index < -0.39 is 0 Å². The standard InChI is InChI=1S/C23H29N3O2/c1-5-16(2)19-10-12-20(13-11-19)28-15-14-26-22-9-7-6-8-21(22)25-23(26)17(3)24-18(4)27/h6-13,16-17H,5,14-15H2,1-4H3,(H,24,27). The maximum Gasteiger partial charge on any atom is 0.217 e. The van der Waals surface area contributed by atoms with Gasteiger partial charge in [0.1, 0.15) is 18.2 Å². The van der Waals surface area contributed by atoms with Crippen molar-refractivity contribution in [1.29, 1.82) is 0 Å². The molecule has 0 fully saturated rings. The first-order chi connectivity index (χ1) is 13.5. The molecule has 0 bridgehead atoms. The second-order valence-corrected chi connectivity index (χ2v) is 7.26. The highest BCUT2D eigenvalue weighted by atomic mass is 16.5. The Morgan fingerprint density at radius 1 is 1.14 bits per heavy atom. The largest absolute Gasteiger partial charge is 0.492 e. The third kappa shape index (κ3) is 4.53. The summed E-state index contributed by atoms with van der Waals surface area (Å²) in [5.74, 6) is 2.20. The van der Waals surface area contributed by atoms with E-state index in [9.17, 15) is 4.79 Å². The zero-order valence-corrected chi connectivity index (χ0v) is 17.1. The Kier molecular flexibility index (Phi) is 6.34. The van der Waals surface area contributed by atoms with Gasteiger partial charge >= 0.3 is 0 Å². The predicted octanol–water partition coefficient (Wildman–Crippen LogP) is 4.83. The average molecular weight is 380 g/mol. The molecule has 0 saturated carbocycles. The van der Waals surface area contributed by atoms with Crippen LogP contribution in [0.15, 0.2) is 48.5 Å². The molecule has 28 heavy (non-hydrogen) atoms. The lowest BCUT2D eigenvalue weighted by molar-refractivity contribution is -0.119. The van der Waals surface area contributed by atoms with Crippen LogP contribution in [0, 0.1) is 0 Å². The molecule has 0 aliphatic heterocycles. The number of para-hydroxylation sites is 2. The van der Waals surface area contributed by atoms with E-state index in [-0.39, 0.29) is 11.9 Å². The van der Waals surface area contributed by atoms with Crippen molar-refractivity contribution in [2.75, 3.05) is 6.61 Å². The number of fused-ring (bicyclic) bond motifs is 1. The molecule has 5 nitrogen and oxygen atoms in total. The summed E-state index contributed by atoms with van der Waals surface area (Å²) in [4.78, 5) is 16.2. The SMILES string of the molecule is CCC(C)c1ccc(OCCn2c(C(C)NC(C)=O)nc3ccccc32)cc1. The number of rotatable bonds is 8. The summed E-state index contributed by atoms with van der Waals surface area (Å²) >= 11 is 0. The molecule has 1 amide bonds. The molecule has 0 radical (unpaired) electrons. The summed E-state index contributed by atoms with van der Waals surface area (Å²) in [5.41, 5.74) is 3.31. The van der Waals surface area contributed by atoms with Crippen molar-refractivity contribution < 1.29 is 9.53 Å². The molecule has 3 rings (SSSR count). The van der Waals surface area contributed by atoms with Gasteiger partial charge in [-0.3, -0.25) is 4.79 Å². The topological polar surface area (TPSA) is 56.1 Å². The van der Waals surface area contributed by atoms with Crippen molar-refractivity contribution >= 4 is 16.9 Å². The Morgan fingerprint density at radius 3 is 2.54 bits per heavy atom. The molecule has 148 valence electrons. The molecule has 1 heterocycles. The van der Waals surface area contributed by atoms with E-state index in [1.54, 1.807) is 0 Å². The third-order valence-electron chi connectivity index (χ3n) is 5.14. The van der Waals surface area contributed by atoms with Crippen LogP contribution in [-0.2, 0) is 11.3 Å². The maximum atomic E-state index is 11.5. The van der Waals surface area contributed by atoms with Crippen LogP contribution < -0.4 is 10.1 Å². The van der Waals surface area contributed by atoms with Crippen LogP contribution >= 0.6 is 0 Å². The van der Waals surface area contributed by atoms with Crippen LogP contribution in [0.25, 0.3) is 11.0 Å².